The molecule has 1 fully saturated rings. The Balaban J connectivity index is 1.76. The Morgan fingerprint density at radius 3 is 2.86 bits per heavy atom. The minimum Gasteiger partial charge on any atom is -0.467 e. The first-order valence-electron chi connectivity index (χ1n) is 7.65. The lowest BCUT2D eigenvalue weighted by Crippen LogP contribution is -2.43. The van der Waals surface area contributed by atoms with Gasteiger partial charge in [0, 0.05) is 6.54 Å². The minimum atomic E-state index is -0.608. The predicted molar refractivity (Wildman–Crippen MR) is 79.0 cm³/mol. The molecule has 0 spiro atoms. The van der Waals surface area contributed by atoms with E-state index in [0.717, 1.165) is 31.6 Å². The molecule has 1 heterocycles. The molecule has 118 valence electrons. The zero-order chi connectivity index (χ0) is 15.3. The third kappa shape index (κ3) is 4.32. The van der Waals surface area contributed by atoms with E-state index in [1.165, 1.54) is 19.8 Å². The van der Waals surface area contributed by atoms with Gasteiger partial charge in [0.15, 0.2) is 0 Å². The molecule has 5 heteroatoms. The molecule has 1 aliphatic rings. The monoisotopic (exact) mass is 295 g/mol. The number of aliphatic hydroxyl groups is 1. The summed E-state index contributed by atoms with van der Waals surface area (Å²) in [7, 11) is 1.34. The molecule has 0 radical (unpaired) electrons. The van der Waals surface area contributed by atoms with Crippen LogP contribution < -0.4 is 5.32 Å². The maximum absolute atomic E-state index is 11.3. The average molecular weight is 295 g/mol. The highest BCUT2D eigenvalue weighted by Gasteiger charge is 2.32. The van der Waals surface area contributed by atoms with Crippen LogP contribution in [-0.4, -0.2) is 30.3 Å². The summed E-state index contributed by atoms with van der Waals surface area (Å²) in [5, 5.41) is 13.7. The van der Waals surface area contributed by atoms with Gasteiger partial charge in [0.2, 0.25) is 0 Å². The van der Waals surface area contributed by atoms with Gasteiger partial charge < -0.3 is 19.6 Å². The third-order valence-corrected chi connectivity index (χ3v) is 4.44. The molecular weight excluding hydrogens is 270 g/mol. The summed E-state index contributed by atoms with van der Waals surface area (Å²) in [5.41, 5.74) is -0.194. The number of furan rings is 1. The normalized spacial score (nSPS) is 25.8. The maximum Gasteiger partial charge on any atom is 0.341 e. The van der Waals surface area contributed by atoms with E-state index in [2.05, 4.69) is 17.0 Å². The lowest BCUT2D eigenvalue weighted by Gasteiger charge is -2.35. The van der Waals surface area contributed by atoms with Crippen molar-refractivity contribution < 1.29 is 19.1 Å². The number of nitrogens with one attached hydrogen (secondary N) is 1. The summed E-state index contributed by atoms with van der Waals surface area (Å²) in [4.78, 5) is 11.3. The quantitative estimate of drug-likeness (QED) is 0.789. The van der Waals surface area contributed by atoms with E-state index in [-0.39, 0.29) is 0 Å². The van der Waals surface area contributed by atoms with Crippen molar-refractivity contribution in [3.05, 3.63) is 23.7 Å². The Labute approximate surface area is 125 Å². The molecule has 1 aromatic heterocycles. The molecule has 0 atom stereocenters. The molecular formula is C16H25NO4. The first-order valence-corrected chi connectivity index (χ1v) is 7.65. The molecule has 0 saturated heterocycles. The van der Waals surface area contributed by atoms with Gasteiger partial charge in [0.25, 0.3) is 0 Å². The number of carbonyl (C=O) groups is 1. The Morgan fingerprint density at radius 2 is 2.24 bits per heavy atom. The van der Waals surface area contributed by atoms with Crippen molar-refractivity contribution in [2.24, 2.45) is 5.92 Å². The van der Waals surface area contributed by atoms with Crippen LogP contribution >= 0.6 is 0 Å². The van der Waals surface area contributed by atoms with E-state index in [9.17, 15) is 9.90 Å². The molecule has 1 aliphatic carbocycles. The summed E-state index contributed by atoms with van der Waals surface area (Å²) in [5.74, 6) is 1.03. The molecule has 0 aliphatic heterocycles. The van der Waals surface area contributed by atoms with Gasteiger partial charge in [-0.3, -0.25) is 0 Å². The molecule has 21 heavy (non-hydrogen) atoms. The highest BCUT2D eigenvalue weighted by molar-refractivity contribution is 5.88. The Hall–Kier alpha value is -1.33. The topological polar surface area (TPSA) is 71.7 Å². The molecule has 2 rings (SSSR count). The SMILES string of the molecule is CCC1CCC(O)(CNCc2cc(C(=O)OC)co2)CC1. The molecule has 0 aromatic carbocycles. The van der Waals surface area contributed by atoms with Crippen molar-refractivity contribution in [3.8, 4) is 0 Å². The van der Waals surface area contributed by atoms with Crippen molar-refractivity contribution in [3.63, 3.8) is 0 Å². The first-order chi connectivity index (χ1) is 10.1. The molecule has 1 aromatic rings. The van der Waals surface area contributed by atoms with Crippen LogP contribution in [0.25, 0.3) is 0 Å². The largest absolute Gasteiger partial charge is 0.467 e. The van der Waals surface area contributed by atoms with Gasteiger partial charge in [-0.1, -0.05) is 13.3 Å². The van der Waals surface area contributed by atoms with Crippen LogP contribution in [0.4, 0.5) is 0 Å². The van der Waals surface area contributed by atoms with Gasteiger partial charge in [-0.2, -0.15) is 0 Å². The minimum absolute atomic E-state index is 0.401. The Kier molecular flexibility index (Phi) is 5.42. The van der Waals surface area contributed by atoms with Crippen molar-refractivity contribution in [1.29, 1.82) is 0 Å². The highest BCUT2D eigenvalue weighted by Crippen LogP contribution is 2.33. The van der Waals surface area contributed by atoms with Gasteiger partial charge in [-0.25, -0.2) is 4.79 Å². The Morgan fingerprint density at radius 1 is 1.52 bits per heavy atom. The molecule has 0 amide bonds. The summed E-state index contributed by atoms with van der Waals surface area (Å²) >= 11 is 0. The van der Waals surface area contributed by atoms with Crippen LogP contribution in [0.2, 0.25) is 0 Å². The lowest BCUT2D eigenvalue weighted by atomic mass is 9.78. The molecule has 5 nitrogen and oxygen atoms in total. The standard InChI is InChI=1S/C16H25NO4/c1-3-12-4-6-16(19,7-5-12)11-17-9-14-8-13(10-21-14)15(18)20-2/h8,10,12,17,19H,3-7,9,11H2,1-2H3. The van der Waals surface area contributed by atoms with Crippen LogP contribution in [-0.2, 0) is 11.3 Å². The van der Waals surface area contributed by atoms with Gasteiger partial charge in [0.1, 0.15) is 12.0 Å². The molecule has 2 N–H and O–H groups in total. The molecule has 0 bridgehead atoms. The van der Waals surface area contributed by atoms with Gasteiger partial charge in [-0.15, -0.1) is 0 Å². The fraction of sp³-hybridized carbons (Fsp3) is 0.688. The number of methoxy groups -OCH3 is 1. The third-order valence-electron chi connectivity index (χ3n) is 4.44. The van der Waals surface area contributed by atoms with Crippen LogP contribution in [0.15, 0.2) is 16.7 Å². The van der Waals surface area contributed by atoms with E-state index >= 15 is 0 Å². The number of hydrogen-bond acceptors (Lipinski definition) is 5. The van der Waals surface area contributed by atoms with E-state index in [1.54, 1.807) is 6.07 Å². The zero-order valence-electron chi connectivity index (χ0n) is 12.9. The molecule has 1 saturated carbocycles. The maximum atomic E-state index is 11.3. The van der Waals surface area contributed by atoms with E-state index in [0.29, 0.717) is 24.4 Å². The second kappa shape index (κ2) is 7.09. The van der Waals surface area contributed by atoms with Crippen molar-refractivity contribution in [2.45, 2.75) is 51.2 Å². The van der Waals surface area contributed by atoms with Crippen LogP contribution in [0.1, 0.15) is 55.1 Å². The summed E-state index contributed by atoms with van der Waals surface area (Å²) in [6.07, 6.45) is 6.49. The fourth-order valence-electron chi connectivity index (χ4n) is 2.92. The fourth-order valence-corrected chi connectivity index (χ4v) is 2.92. The average Bonchev–Trinajstić information content (AvgIpc) is 2.96. The summed E-state index contributed by atoms with van der Waals surface area (Å²) in [6, 6.07) is 1.66. The predicted octanol–water partition coefficient (Wildman–Crippen LogP) is 2.49. The first kappa shape index (κ1) is 16.0. The van der Waals surface area contributed by atoms with Gasteiger partial charge in [0.05, 0.1) is 24.8 Å². The van der Waals surface area contributed by atoms with Crippen LogP contribution in [0.5, 0.6) is 0 Å². The lowest BCUT2D eigenvalue weighted by molar-refractivity contribution is -0.00907. The second-order valence-corrected chi connectivity index (χ2v) is 5.97. The van der Waals surface area contributed by atoms with Crippen LogP contribution in [0.3, 0.4) is 0 Å². The number of rotatable bonds is 6. The smallest absolute Gasteiger partial charge is 0.341 e. The number of ether oxygens (including phenoxy) is 1. The summed E-state index contributed by atoms with van der Waals surface area (Å²) < 4.78 is 9.93. The zero-order valence-corrected chi connectivity index (χ0v) is 12.9. The van der Waals surface area contributed by atoms with E-state index in [1.807, 2.05) is 0 Å². The second-order valence-electron chi connectivity index (χ2n) is 5.97. The number of hydrogen-bond donors (Lipinski definition) is 2. The van der Waals surface area contributed by atoms with Crippen molar-refractivity contribution >= 4 is 5.97 Å². The van der Waals surface area contributed by atoms with Crippen molar-refractivity contribution in [1.82, 2.24) is 5.32 Å². The van der Waals surface area contributed by atoms with Gasteiger partial charge >= 0.3 is 5.97 Å². The molecule has 0 unspecified atom stereocenters. The number of esters is 1. The van der Waals surface area contributed by atoms with Gasteiger partial charge in [-0.05, 0) is 37.7 Å². The Bertz CT molecular complexity index is 461. The van der Waals surface area contributed by atoms with Crippen LogP contribution in [0, 0.1) is 5.92 Å². The highest BCUT2D eigenvalue weighted by atomic mass is 16.5. The van der Waals surface area contributed by atoms with Crippen molar-refractivity contribution in [2.75, 3.05) is 13.7 Å². The van der Waals surface area contributed by atoms with E-state index < -0.39 is 11.6 Å². The summed E-state index contributed by atoms with van der Waals surface area (Å²) in [6.45, 7) is 3.26. The van der Waals surface area contributed by atoms with E-state index in [4.69, 9.17) is 4.42 Å². The number of carbonyl (C=O) groups excluding carboxylic acids is 1.